The van der Waals surface area contributed by atoms with Crippen LogP contribution < -0.4 is 10.0 Å². The smallest absolute Gasteiger partial charge is 0.279 e. The fraction of sp³-hybridized carbons (Fsp3) is 1.00. The molecular formula is C9H19N3O3S. The molecule has 6 nitrogen and oxygen atoms in total. The number of hydrogen-bond donors (Lipinski definition) is 2. The number of nitrogens with one attached hydrogen (secondary N) is 2. The number of morpholine rings is 1. The molecule has 0 amide bonds. The molecular weight excluding hydrogens is 230 g/mol. The van der Waals surface area contributed by atoms with Crippen molar-refractivity contribution in [3.8, 4) is 0 Å². The van der Waals surface area contributed by atoms with Crippen LogP contribution in [0.25, 0.3) is 0 Å². The Labute approximate surface area is 96.5 Å². The SMILES string of the molecule is CC1CN(S(=O)(=O)NC2CNC2)CC(C)O1. The molecule has 94 valence electrons. The maximum Gasteiger partial charge on any atom is 0.279 e. The molecule has 2 saturated heterocycles. The maximum absolute atomic E-state index is 12.0. The standard InChI is InChI=1S/C9H19N3O3S/c1-7-5-12(6-8(2)15-7)16(13,14)11-9-3-10-4-9/h7-11H,3-6H2,1-2H3. The minimum Gasteiger partial charge on any atom is -0.373 e. The summed E-state index contributed by atoms with van der Waals surface area (Å²) in [6.45, 7) is 6.08. The summed E-state index contributed by atoms with van der Waals surface area (Å²) >= 11 is 0. The van der Waals surface area contributed by atoms with Crippen molar-refractivity contribution in [2.45, 2.75) is 32.1 Å². The fourth-order valence-corrected chi connectivity index (χ4v) is 3.53. The van der Waals surface area contributed by atoms with Crippen molar-refractivity contribution in [3.05, 3.63) is 0 Å². The summed E-state index contributed by atoms with van der Waals surface area (Å²) in [7, 11) is -3.35. The summed E-state index contributed by atoms with van der Waals surface area (Å²) in [5, 5.41) is 3.03. The molecule has 2 atom stereocenters. The highest BCUT2D eigenvalue weighted by atomic mass is 32.2. The molecule has 0 aliphatic carbocycles. The van der Waals surface area contributed by atoms with Crippen molar-refractivity contribution in [2.75, 3.05) is 26.2 Å². The van der Waals surface area contributed by atoms with E-state index in [4.69, 9.17) is 4.74 Å². The molecule has 0 saturated carbocycles. The van der Waals surface area contributed by atoms with Gasteiger partial charge in [-0.25, -0.2) is 0 Å². The van der Waals surface area contributed by atoms with E-state index >= 15 is 0 Å². The van der Waals surface area contributed by atoms with Crippen molar-refractivity contribution >= 4 is 10.2 Å². The van der Waals surface area contributed by atoms with E-state index in [1.54, 1.807) is 0 Å². The second-order valence-electron chi connectivity index (χ2n) is 4.55. The van der Waals surface area contributed by atoms with Gasteiger partial charge in [0.25, 0.3) is 10.2 Å². The Morgan fingerprint density at radius 3 is 2.25 bits per heavy atom. The van der Waals surface area contributed by atoms with Crippen molar-refractivity contribution < 1.29 is 13.2 Å². The lowest BCUT2D eigenvalue weighted by molar-refractivity contribution is -0.0445. The third-order valence-electron chi connectivity index (χ3n) is 2.82. The molecule has 2 fully saturated rings. The van der Waals surface area contributed by atoms with Gasteiger partial charge in [-0.3, -0.25) is 0 Å². The van der Waals surface area contributed by atoms with Gasteiger partial charge in [-0.15, -0.1) is 0 Å². The third-order valence-corrected chi connectivity index (χ3v) is 4.43. The lowest BCUT2D eigenvalue weighted by Crippen LogP contribution is -2.61. The van der Waals surface area contributed by atoms with Gasteiger partial charge in [-0.1, -0.05) is 0 Å². The van der Waals surface area contributed by atoms with Crippen LogP contribution in [0, 0.1) is 0 Å². The topological polar surface area (TPSA) is 70.7 Å². The lowest BCUT2D eigenvalue weighted by Gasteiger charge is -2.36. The number of hydrogen-bond acceptors (Lipinski definition) is 4. The van der Waals surface area contributed by atoms with Crippen molar-refractivity contribution in [1.82, 2.24) is 14.3 Å². The average molecular weight is 249 g/mol. The number of ether oxygens (including phenoxy) is 1. The predicted octanol–water partition coefficient (Wildman–Crippen LogP) is -1.10. The van der Waals surface area contributed by atoms with Gasteiger partial charge in [-0.05, 0) is 13.8 Å². The van der Waals surface area contributed by atoms with Gasteiger partial charge in [0.1, 0.15) is 0 Å². The van der Waals surface area contributed by atoms with Gasteiger partial charge in [0, 0.05) is 32.2 Å². The number of rotatable bonds is 3. The Kier molecular flexibility index (Phi) is 3.50. The Morgan fingerprint density at radius 1 is 1.25 bits per heavy atom. The van der Waals surface area contributed by atoms with Crippen LogP contribution in [-0.4, -0.2) is 57.2 Å². The molecule has 2 aliphatic rings. The molecule has 2 unspecified atom stereocenters. The Hall–Kier alpha value is -0.210. The van der Waals surface area contributed by atoms with Crippen LogP contribution in [0.1, 0.15) is 13.8 Å². The van der Waals surface area contributed by atoms with Crippen LogP contribution in [0.3, 0.4) is 0 Å². The molecule has 7 heteroatoms. The first-order valence-corrected chi connectivity index (χ1v) is 7.05. The second-order valence-corrected chi connectivity index (χ2v) is 6.25. The first kappa shape index (κ1) is 12.3. The molecule has 0 spiro atoms. The fourth-order valence-electron chi connectivity index (χ4n) is 1.98. The highest BCUT2D eigenvalue weighted by molar-refractivity contribution is 7.87. The first-order chi connectivity index (χ1) is 7.47. The molecule has 0 bridgehead atoms. The van der Waals surface area contributed by atoms with Crippen LogP contribution in [0.2, 0.25) is 0 Å². The van der Waals surface area contributed by atoms with E-state index in [-0.39, 0.29) is 18.2 Å². The van der Waals surface area contributed by atoms with Gasteiger partial charge in [0.15, 0.2) is 0 Å². The molecule has 0 radical (unpaired) electrons. The van der Waals surface area contributed by atoms with E-state index in [2.05, 4.69) is 10.0 Å². The minimum atomic E-state index is -3.35. The van der Waals surface area contributed by atoms with Crippen LogP contribution >= 0.6 is 0 Å². The molecule has 2 rings (SSSR count). The zero-order valence-corrected chi connectivity index (χ0v) is 10.5. The highest BCUT2D eigenvalue weighted by Crippen LogP contribution is 2.14. The van der Waals surface area contributed by atoms with Crippen molar-refractivity contribution in [1.29, 1.82) is 0 Å². The normalized spacial score (nSPS) is 33.6. The van der Waals surface area contributed by atoms with Crippen LogP contribution in [-0.2, 0) is 14.9 Å². The summed E-state index contributed by atoms with van der Waals surface area (Å²) in [5.74, 6) is 0. The molecule has 0 aromatic carbocycles. The van der Waals surface area contributed by atoms with Gasteiger partial charge in [-0.2, -0.15) is 17.4 Å². The molecule has 2 aliphatic heterocycles. The van der Waals surface area contributed by atoms with E-state index in [9.17, 15) is 8.42 Å². The molecule has 2 N–H and O–H groups in total. The van der Waals surface area contributed by atoms with E-state index < -0.39 is 10.2 Å². The van der Waals surface area contributed by atoms with Crippen molar-refractivity contribution in [3.63, 3.8) is 0 Å². The zero-order chi connectivity index (χ0) is 11.8. The van der Waals surface area contributed by atoms with Crippen molar-refractivity contribution in [2.24, 2.45) is 0 Å². The van der Waals surface area contributed by atoms with Gasteiger partial charge >= 0.3 is 0 Å². The monoisotopic (exact) mass is 249 g/mol. The second kappa shape index (κ2) is 4.58. The third kappa shape index (κ3) is 2.72. The summed E-state index contributed by atoms with van der Waals surface area (Å²) in [4.78, 5) is 0. The van der Waals surface area contributed by atoms with Crippen LogP contribution in [0.5, 0.6) is 0 Å². The quantitative estimate of drug-likeness (QED) is 0.666. The van der Waals surface area contributed by atoms with Crippen LogP contribution in [0.15, 0.2) is 0 Å². The minimum absolute atomic E-state index is 0.0402. The van der Waals surface area contributed by atoms with Gasteiger partial charge < -0.3 is 10.1 Å². The van der Waals surface area contributed by atoms with E-state index in [1.165, 1.54) is 4.31 Å². The van der Waals surface area contributed by atoms with Gasteiger partial charge in [0.05, 0.1) is 12.2 Å². The van der Waals surface area contributed by atoms with E-state index in [0.717, 1.165) is 0 Å². The van der Waals surface area contributed by atoms with E-state index in [1.807, 2.05) is 13.8 Å². The number of nitrogens with zero attached hydrogens (tertiary/aromatic N) is 1. The van der Waals surface area contributed by atoms with Crippen LogP contribution in [0.4, 0.5) is 0 Å². The van der Waals surface area contributed by atoms with E-state index in [0.29, 0.717) is 26.2 Å². The molecule has 0 aromatic heterocycles. The average Bonchev–Trinajstić information content (AvgIpc) is 2.10. The summed E-state index contributed by atoms with van der Waals surface area (Å²) in [6, 6.07) is 0.0402. The Morgan fingerprint density at radius 2 is 1.81 bits per heavy atom. The summed E-state index contributed by atoms with van der Waals surface area (Å²) < 4.78 is 33.7. The molecule has 2 heterocycles. The largest absolute Gasteiger partial charge is 0.373 e. The maximum atomic E-state index is 12.0. The zero-order valence-electron chi connectivity index (χ0n) is 9.64. The summed E-state index contributed by atoms with van der Waals surface area (Å²) in [5.41, 5.74) is 0. The van der Waals surface area contributed by atoms with Gasteiger partial charge in [0.2, 0.25) is 0 Å². The lowest BCUT2D eigenvalue weighted by atomic mass is 10.2. The molecule has 0 aromatic rings. The summed E-state index contributed by atoms with van der Waals surface area (Å²) in [6.07, 6.45) is -0.0836. The highest BCUT2D eigenvalue weighted by Gasteiger charge is 2.33. The Bertz CT molecular complexity index is 332. The first-order valence-electron chi connectivity index (χ1n) is 5.61. The predicted molar refractivity (Wildman–Crippen MR) is 60.3 cm³/mol. The molecule has 16 heavy (non-hydrogen) atoms. The Balaban J connectivity index is 1.98.